The molecule has 1 aliphatic rings. The van der Waals surface area contributed by atoms with Gasteiger partial charge in [-0.25, -0.2) is 0 Å². The third-order valence-electron chi connectivity index (χ3n) is 2.81. The minimum absolute atomic E-state index is 0.301. The second kappa shape index (κ2) is 5.72. The molecule has 0 aromatic rings. The molecule has 88 valence electrons. The summed E-state index contributed by atoms with van der Waals surface area (Å²) >= 11 is 1.72. The highest BCUT2D eigenvalue weighted by Gasteiger charge is 2.29. The Balaban J connectivity index is 2.25. The van der Waals surface area contributed by atoms with Crippen LogP contribution in [0.5, 0.6) is 0 Å². The predicted molar refractivity (Wildman–Crippen MR) is 63.0 cm³/mol. The first-order chi connectivity index (χ1) is 7.08. The zero-order chi connectivity index (χ0) is 11.3. The van der Waals surface area contributed by atoms with Crippen molar-refractivity contribution in [1.29, 1.82) is 0 Å². The zero-order valence-electron chi connectivity index (χ0n) is 9.41. The quantitative estimate of drug-likeness (QED) is 0.694. The Morgan fingerprint density at radius 2 is 2.47 bits per heavy atom. The molecule has 1 rings (SSSR count). The van der Waals surface area contributed by atoms with Gasteiger partial charge in [0.05, 0.1) is 6.10 Å². The van der Waals surface area contributed by atoms with E-state index in [0.29, 0.717) is 11.9 Å². The summed E-state index contributed by atoms with van der Waals surface area (Å²) in [6, 6.07) is 0. The van der Waals surface area contributed by atoms with E-state index >= 15 is 0 Å². The van der Waals surface area contributed by atoms with Crippen LogP contribution >= 0.6 is 11.8 Å². The molecule has 0 radical (unpaired) electrons. The van der Waals surface area contributed by atoms with E-state index in [2.05, 4.69) is 5.32 Å². The molecule has 1 fully saturated rings. The van der Waals surface area contributed by atoms with Crippen LogP contribution in [0, 0.1) is 0 Å². The van der Waals surface area contributed by atoms with Gasteiger partial charge >= 0.3 is 0 Å². The molecule has 0 aromatic carbocycles. The van der Waals surface area contributed by atoms with Crippen molar-refractivity contribution in [3.8, 4) is 0 Å². The van der Waals surface area contributed by atoms with E-state index in [-0.39, 0.29) is 5.91 Å². The number of carbonyl (C=O) groups is 1. The summed E-state index contributed by atoms with van der Waals surface area (Å²) < 4.78 is 5.50. The first kappa shape index (κ1) is 12.8. The summed E-state index contributed by atoms with van der Waals surface area (Å²) in [6.45, 7) is 2.71. The van der Waals surface area contributed by atoms with Crippen LogP contribution in [0.2, 0.25) is 0 Å². The highest BCUT2D eigenvalue weighted by molar-refractivity contribution is 7.99. The topological polar surface area (TPSA) is 64.3 Å². The van der Waals surface area contributed by atoms with Crippen LogP contribution in [0.15, 0.2) is 0 Å². The number of nitrogens with one attached hydrogen (secondary N) is 1. The largest absolute Gasteiger partial charge is 0.377 e. The molecular formula is C10H20N2O2S. The van der Waals surface area contributed by atoms with E-state index in [9.17, 15) is 4.79 Å². The minimum atomic E-state index is -0.608. The average molecular weight is 232 g/mol. The smallest absolute Gasteiger partial charge is 0.238 e. The Bertz CT molecular complexity index is 219. The first-order valence-corrected chi connectivity index (χ1v) is 6.42. The predicted octanol–water partition coefficient (Wildman–Crippen LogP) is 0.362. The number of thioether (sulfide) groups is 1. The van der Waals surface area contributed by atoms with Gasteiger partial charge in [0.25, 0.3) is 0 Å². The molecule has 2 unspecified atom stereocenters. The number of carbonyl (C=O) groups excluding carboxylic acids is 1. The number of amides is 1. The molecule has 0 aromatic heterocycles. The fourth-order valence-electron chi connectivity index (χ4n) is 1.44. The fourth-order valence-corrected chi connectivity index (χ4v) is 2.78. The molecule has 0 saturated carbocycles. The van der Waals surface area contributed by atoms with Gasteiger partial charge in [0.2, 0.25) is 5.91 Å². The molecule has 1 amide bonds. The summed E-state index contributed by atoms with van der Waals surface area (Å²) in [7, 11) is 1.76. The van der Waals surface area contributed by atoms with E-state index in [1.54, 1.807) is 18.8 Å². The van der Waals surface area contributed by atoms with Gasteiger partial charge < -0.3 is 15.8 Å². The molecule has 4 nitrogen and oxygen atoms in total. The van der Waals surface area contributed by atoms with Crippen LogP contribution in [0.3, 0.4) is 0 Å². The lowest BCUT2D eigenvalue weighted by Crippen LogP contribution is -2.53. The number of hydrogen-bond acceptors (Lipinski definition) is 4. The maximum atomic E-state index is 11.2. The maximum absolute atomic E-state index is 11.2. The molecule has 1 aliphatic heterocycles. The molecule has 5 heteroatoms. The second-order valence-electron chi connectivity index (χ2n) is 4.10. The van der Waals surface area contributed by atoms with Crippen LogP contribution in [-0.4, -0.2) is 42.7 Å². The monoisotopic (exact) mass is 232 g/mol. The molecule has 0 bridgehead atoms. The van der Waals surface area contributed by atoms with Gasteiger partial charge in [-0.3, -0.25) is 4.79 Å². The Hall–Kier alpha value is -0.260. The van der Waals surface area contributed by atoms with Gasteiger partial charge in [-0.05, 0) is 26.8 Å². The third kappa shape index (κ3) is 3.66. The number of ether oxygens (including phenoxy) is 1. The SMILES string of the molecule is CNC(C)(CSCC1CCCO1)C(N)=O. The van der Waals surface area contributed by atoms with E-state index < -0.39 is 5.54 Å². The number of rotatable bonds is 6. The molecule has 1 saturated heterocycles. The lowest BCUT2D eigenvalue weighted by atomic mass is 10.1. The number of primary amides is 1. The van der Waals surface area contributed by atoms with Gasteiger partial charge in [-0.15, -0.1) is 0 Å². The van der Waals surface area contributed by atoms with Crippen LogP contribution < -0.4 is 11.1 Å². The van der Waals surface area contributed by atoms with Gasteiger partial charge in [0.1, 0.15) is 5.54 Å². The maximum Gasteiger partial charge on any atom is 0.238 e. The Morgan fingerprint density at radius 3 is 2.93 bits per heavy atom. The average Bonchev–Trinajstić information content (AvgIpc) is 2.70. The summed E-state index contributed by atoms with van der Waals surface area (Å²) in [5.74, 6) is 1.34. The van der Waals surface area contributed by atoms with Crippen molar-refractivity contribution in [2.75, 3.05) is 25.2 Å². The molecule has 1 heterocycles. The fraction of sp³-hybridized carbons (Fsp3) is 0.900. The van der Waals surface area contributed by atoms with Crippen molar-refractivity contribution in [3.63, 3.8) is 0 Å². The third-order valence-corrected chi connectivity index (χ3v) is 4.20. The van der Waals surface area contributed by atoms with Crippen molar-refractivity contribution in [1.82, 2.24) is 5.32 Å². The van der Waals surface area contributed by atoms with E-state index in [1.807, 2.05) is 6.92 Å². The molecule has 3 N–H and O–H groups in total. The summed E-state index contributed by atoms with van der Waals surface area (Å²) in [5.41, 5.74) is 4.72. The lowest BCUT2D eigenvalue weighted by molar-refractivity contribution is -0.122. The number of nitrogens with two attached hydrogens (primary N) is 1. The zero-order valence-corrected chi connectivity index (χ0v) is 10.2. The van der Waals surface area contributed by atoms with Crippen molar-refractivity contribution >= 4 is 17.7 Å². The molecule has 0 aliphatic carbocycles. The van der Waals surface area contributed by atoms with Crippen LogP contribution in [0.4, 0.5) is 0 Å². The molecule has 2 atom stereocenters. The summed E-state index contributed by atoms with van der Waals surface area (Å²) in [4.78, 5) is 11.2. The highest BCUT2D eigenvalue weighted by Crippen LogP contribution is 2.20. The van der Waals surface area contributed by atoms with Gasteiger partial charge in [-0.1, -0.05) is 0 Å². The molecule has 15 heavy (non-hydrogen) atoms. The van der Waals surface area contributed by atoms with Gasteiger partial charge in [0, 0.05) is 18.1 Å². The van der Waals surface area contributed by atoms with Gasteiger partial charge in [-0.2, -0.15) is 11.8 Å². The van der Waals surface area contributed by atoms with E-state index in [4.69, 9.17) is 10.5 Å². The van der Waals surface area contributed by atoms with E-state index in [0.717, 1.165) is 25.2 Å². The van der Waals surface area contributed by atoms with Gasteiger partial charge in [0.15, 0.2) is 0 Å². The number of likely N-dealkylation sites (N-methyl/N-ethyl adjacent to an activating group) is 1. The number of hydrogen-bond donors (Lipinski definition) is 2. The van der Waals surface area contributed by atoms with Crippen molar-refractivity contribution < 1.29 is 9.53 Å². The summed E-state index contributed by atoms with van der Waals surface area (Å²) in [6.07, 6.45) is 2.66. The van der Waals surface area contributed by atoms with Crippen molar-refractivity contribution in [2.45, 2.75) is 31.4 Å². The first-order valence-electron chi connectivity index (χ1n) is 5.26. The highest BCUT2D eigenvalue weighted by atomic mass is 32.2. The van der Waals surface area contributed by atoms with Crippen LogP contribution in [-0.2, 0) is 9.53 Å². The molecule has 0 spiro atoms. The van der Waals surface area contributed by atoms with Crippen molar-refractivity contribution in [3.05, 3.63) is 0 Å². The normalized spacial score (nSPS) is 25.1. The minimum Gasteiger partial charge on any atom is -0.377 e. The van der Waals surface area contributed by atoms with Crippen LogP contribution in [0.25, 0.3) is 0 Å². The van der Waals surface area contributed by atoms with Crippen molar-refractivity contribution in [2.24, 2.45) is 5.73 Å². The Kier molecular flexibility index (Phi) is 4.89. The lowest BCUT2D eigenvalue weighted by Gasteiger charge is -2.25. The Morgan fingerprint density at radius 1 is 1.73 bits per heavy atom. The molecular weight excluding hydrogens is 212 g/mol. The Labute approximate surface area is 95.3 Å². The second-order valence-corrected chi connectivity index (χ2v) is 5.13. The standard InChI is InChI=1S/C10H20N2O2S/c1-10(12-2,9(11)13)7-15-6-8-4-3-5-14-8/h8,12H,3-7H2,1-2H3,(H2,11,13). The summed E-state index contributed by atoms with van der Waals surface area (Å²) in [5, 5.41) is 2.97. The van der Waals surface area contributed by atoms with Crippen LogP contribution in [0.1, 0.15) is 19.8 Å². The van der Waals surface area contributed by atoms with E-state index in [1.165, 1.54) is 0 Å².